The minimum absolute atomic E-state index is 0.0380. The monoisotopic (exact) mass is 258 g/mol. The van der Waals surface area contributed by atoms with Crippen LogP contribution >= 0.6 is 0 Å². The van der Waals surface area contributed by atoms with Crippen LogP contribution in [-0.4, -0.2) is 23.1 Å². The Morgan fingerprint density at radius 3 is 2.79 bits per heavy atom. The van der Waals surface area contributed by atoms with Gasteiger partial charge in [-0.25, -0.2) is 0 Å². The molecule has 0 spiro atoms. The molecule has 19 heavy (non-hydrogen) atoms. The Hall–Kier alpha value is -2.17. The van der Waals surface area contributed by atoms with Crippen molar-refractivity contribution >= 4 is 5.78 Å². The van der Waals surface area contributed by atoms with Crippen molar-refractivity contribution in [2.24, 2.45) is 5.92 Å². The molecule has 0 amide bonds. The van der Waals surface area contributed by atoms with Gasteiger partial charge in [0.15, 0.2) is 0 Å². The third-order valence-electron chi connectivity index (χ3n) is 3.23. The minimum Gasteiger partial charge on any atom is -0.496 e. The van der Waals surface area contributed by atoms with E-state index in [0.29, 0.717) is 5.89 Å². The second-order valence-corrected chi connectivity index (χ2v) is 4.74. The third-order valence-corrected chi connectivity index (χ3v) is 3.23. The van der Waals surface area contributed by atoms with Crippen LogP contribution in [0.25, 0.3) is 11.5 Å². The molecule has 0 aliphatic heterocycles. The van der Waals surface area contributed by atoms with Gasteiger partial charge in [-0.1, -0.05) is 0 Å². The van der Waals surface area contributed by atoms with Crippen LogP contribution in [0.5, 0.6) is 5.75 Å². The van der Waals surface area contributed by atoms with Gasteiger partial charge in [0.2, 0.25) is 11.7 Å². The van der Waals surface area contributed by atoms with Crippen LogP contribution in [0.4, 0.5) is 0 Å². The van der Waals surface area contributed by atoms with Crippen LogP contribution in [0, 0.1) is 12.8 Å². The molecule has 1 heterocycles. The van der Waals surface area contributed by atoms with E-state index in [9.17, 15) is 4.79 Å². The first-order valence-corrected chi connectivity index (χ1v) is 6.22. The van der Waals surface area contributed by atoms with Gasteiger partial charge in [0.1, 0.15) is 5.75 Å². The summed E-state index contributed by atoms with van der Waals surface area (Å²) in [5.41, 5.74) is 1.77. The molecule has 5 nitrogen and oxygen atoms in total. The van der Waals surface area contributed by atoms with Gasteiger partial charge in [-0.2, -0.15) is 0 Å². The van der Waals surface area contributed by atoms with E-state index in [2.05, 4.69) is 10.2 Å². The number of aromatic nitrogens is 2. The predicted octanol–water partition coefficient (Wildman–Crippen LogP) is 2.65. The van der Waals surface area contributed by atoms with Crippen molar-refractivity contribution in [1.29, 1.82) is 0 Å². The number of benzene rings is 1. The van der Waals surface area contributed by atoms with Crippen molar-refractivity contribution in [3.8, 4) is 17.2 Å². The molecule has 1 aromatic carbocycles. The molecule has 0 radical (unpaired) electrons. The molecule has 98 valence electrons. The maximum Gasteiger partial charge on any atom is 0.284 e. The summed E-state index contributed by atoms with van der Waals surface area (Å²) in [6, 6.07) is 5.58. The van der Waals surface area contributed by atoms with Crippen LogP contribution in [0.15, 0.2) is 22.6 Å². The van der Waals surface area contributed by atoms with E-state index in [-0.39, 0.29) is 17.6 Å². The summed E-state index contributed by atoms with van der Waals surface area (Å²) < 4.78 is 10.6. The van der Waals surface area contributed by atoms with Gasteiger partial charge in [-0.3, -0.25) is 4.79 Å². The lowest BCUT2D eigenvalue weighted by Crippen LogP contribution is -2.01. The summed E-state index contributed by atoms with van der Waals surface area (Å²) in [5, 5.41) is 7.76. The van der Waals surface area contributed by atoms with Crippen LogP contribution in [-0.2, 0) is 0 Å². The fraction of sp³-hybridized carbons (Fsp3) is 0.357. The molecule has 1 aliphatic rings. The lowest BCUT2D eigenvalue weighted by Gasteiger charge is -2.04. The second kappa shape index (κ2) is 4.50. The number of methoxy groups -OCH3 is 1. The van der Waals surface area contributed by atoms with Crippen molar-refractivity contribution in [1.82, 2.24) is 10.2 Å². The fourth-order valence-corrected chi connectivity index (χ4v) is 1.97. The average Bonchev–Trinajstić information content (AvgIpc) is 3.15. The van der Waals surface area contributed by atoms with Gasteiger partial charge in [-0.15, -0.1) is 10.2 Å². The first kappa shape index (κ1) is 11.9. The molecule has 0 bridgehead atoms. The van der Waals surface area contributed by atoms with Crippen LogP contribution in [0.2, 0.25) is 0 Å². The first-order valence-electron chi connectivity index (χ1n) is 6.22. The zero-order valence-electron chi connectivity index (χ0n) is 10.8. The topological polar surface area (TPSA) is 65.2 Å². The number of ketones is 1. The van der Waals surface area contributed by atoms with E-state index in [1.807, 2.05) is 25.1 Å². The van der Waals surface area contributed by atoms with Crippen molar-refractivity contribution in [2.75, 3.05) is 7.11 Å². The number of aryl methyl sites for hydroxylation is 1. The van der Waals surface area contributed by atoms with E-state index in [1.54, 1.807) is 7.11 Å². The Labute approximate surface area is 110 Å². The number of ether oxygens (including phenoxy) is 1. The molecule has 3 rings (SSSR count). The van der Waals surface area contributed by atoms with Crippen LogP contribution in [0.3, 0.4) is 0 Å². The van der Waals surface area contributed by atoms with Gasteiger partial charge in [0.25, 0.3) is 5.89 Å². The van der Waals surface area contributed by atoms with E-state index in [4.69, 9.17) is 9.15 Å². The van der Waals surface area contributed by atoms with E-state index in [0.717, 1.165) is 29.7 Å². The third kappa shape index (κ3) is 2.23. The zero-order valence-corrected chi connectivity index (χ0v) is 10.8. The zero-order chi connectivity index (χ0) is 13.4. The van der Waals surface area contributed by atoms with Gasteiger partial charge >= 0.3 is 0 Å². The SMILES string of the molecule is COc1ccc(-c2nnc(C(=O)C3CC3)o2)cc1C. The molecule has 1 fully saturated rings. The highest BCUT2D eigenvalue weighted by Crippen LogP contribution is 2.33. The van der Waals surface area contributed by atoms with Gasteiger partial charge < -0.3 is 9.15 Å². The molecule has 0 saturated heterocycles. The summed E-state index contributed by atoms with van der Waals surface area (Å²) in [7, 11) is 1.63. The fourth-order valence-electron chi connectivity index (χ4n) is 1.97. The van der Waals surface area contributed by atoms with Crippen molar-refractivity contribution < 1.29 is 13.9 Å². The van der Waals surface area contributed by atoms with Gasteiger partial charge in [0.05, 0.1) is 7.11 Å². The summed E-state index contributed by atoms with van der Waals surface area (Å²) >= 11 is 0. The Kier molecular flexibility index (Phi) is 2.81. The molecule has 1 saturated carbocycles. The van der Waals surface area contributed by atoms with Gasteiger partial charge in [0, 0.05) is 11.5 Å². The molecular formula is C14H14N2O3. The average molecular weight is 258 g/mol. The molecule has 2 aromatic rings. The first-order chi connectivity index (χ1) is 9.19. The van der Waals surface area contributed by atoms with E-state index >= 15 is 0 Å². The minimum atomic E-state index is -0.0380. The Morgan fingerprint density at radius 1 is 1.37 bits per heavy atom. The predicted molar refractivity (Wildman–Crippen MR) is 68.1 cm³/mol. The number of carbonyl (C=O) groups is 1. The molecule has 1 aliphatic carbocycles. The second-order valence-electron chi connectivity index (χ2n) is 4.74. The summed E-state index contributed by atoms with van der Waals surface area (Å²) in [4.78, 5) is 11.8. The highest BCUT2D eigenvalue weighted by Gasteiger charge is 2.34. The Bertz CT molecular complexity index is 629. The number of Topliss-reactive ketones (excluding diaryl/α,β-unsaturated/α-hetero) is 1. The van der Waals surface area contributed by atoms with Gasteiger partial charge in [-0.05, 0) is 43.5 Å². The van der Waals surface area contributed by atoms with E-state index < -0.39 is 0 Å². The number of hydrogen-bond donors (Lipinski definition) is 0. The number of nitrogens with zero attached hydrogens (tertiary/aromatic N) is 2. The Balaban J connectivity index is 1.89. The maximum atomic E-state index is 11.8. The molecule has 0 unspecified atom stereocenters. The highest BCUT2D eigenvalue weighted by atomic mass is 16.5. The molecule has 5 heteroatoms. The van der Waals surface area contributed by atoms with E-state index in [1.165, 1.54) is 0 Å². The highest BCUT2D eigenvalue weighted by molar-refractivity contribution is 5.95. The summed E-state index contributed by atoms with van der Waals surface area (Å²) in [6.45, 7) is 1.94. The summed E-state index contributed by atoms with van der Waals surface area (Å²) in [6.07, 6.45) is 1.86. The Morgan fingerprint density at radius 2 is 2.16 bits per heavy atom. The standard InChI is InChI=1S/C14H14N2O3/c1-8-7-10(5-6-11(8)18-2)13-15-16-14(19-13)12(17)9-3-4-9/h5-7,9H,3-4H2,1-2H3. The summed E-state index contributed by atoms with van der Waals surface area (Å²) in [5.74, 6) is 1.34. The van der Waals surface area contributed by atoms with Crippen LogP contribution < -0.4 is 4.74 Å². The molecular weight excluding hydrogens is 244 g/mol. The number of hydrogen-bond acceptors (Lipinski definition) is 5. The molecule has 0 N–H and O–H groups in total. The molecule has 0 atom stereocenters. The molecule has 1 aromatic heterocycles. The largest absolute Gasteiger partial charge is 0.496 e. The quantitative estimate of drug-likeness (QED) is 0.789. The number of carbonyl (C=O) groups excluding carboxylic acids is 1. The smallest absolute Gasteiger partial charge is 0.284 e. The lowest BCUT2D eigenvalue weighted by molar-refractivity contribution is 0.0934. The van der Waals surface area contributed by atoms with Crippen molar-refractivity contribution in [3.63, 3.8) is 0 Å². The van der Waals surface area contributed by atoms with Crippen molar-refractivity contribution in [2.45, 2.75) is 19.8 Å². The maximum absolute atomic E-state index is 11.8. The normalized spacial score (nSPS) is 14.4. The lowest BCUT2D eigenvalue weighted by atomic mass is 10.1. The van der Waals surface area contributed by atoms with Crippen molar-refractivity contribution in [3.05, 3.63) is 29.7 Å². The number of rotatable bonds is 4. The van der Waals surface area contributed by atoms with Crippen LogP contribution in [0.1, 0.15) is 29.1 Å².